The van der Waals surface area contributed by atoms with Gasteiger partial charge in [0.1, 0.15) is 0 Å². The Balaban J connectivity index is 6.11. The monoisotopic (exact) mass is 360 g/mol. The van der Waals surface area contributed by atoms with Gasteiger partial charge in [-0.15, -0.1) is 0 Å². The average molecular weight is 361 g/mol. The first-order valence-corrected chi connectivity index (χ1v) is 15.5. The lowest BCUT2D eigenvalue weighted by atomic mass is 9.91. The summed E-state index contributed by atoms with van der Waals surface area (Å²) in [5.74, 6) is 0.0257. The predicted octanol–water partition coefficient (Wildman–Crippen LogP) is 4.56. The lowest BCUT2D eigenvalue weighted by Gasteiger charge is -2.45. The second kappa shape index (κ2) is 7.97. The Hall–Kier alpha value is -0.626. The molecule has 0 saturated heterocycles. The van der Waals surface area contributed by atoms with Gasteiger partial charge in [0.05, 0.1) is 40.9 Å². The largest absolute Gasteiger partial charge is 0.469 e. The molecule has 0 aromatic carbocycles. The molecular formula is C17H36O4Si2. The van der Waals surface area contributed by atoms with E-state index < -0.39 is 21.2 Å². The van der Waals surface area contributed by atoms with Crippen LogP contribution in [-0.2, 0) is 19.1 Å². The second-order valence-corrected chi connectivity index (χ2v) is 20.0. The lowest BCUT2D eigenvalue weighted by molar-refractivity contribution is -0.146. The van der Waals surface area contributed by atoms with Crippen LogP contribution in [0.25, 0.3) is 0 Å². The van der Waals surface area contributed by atoms with Crippen molar-refractivity contribution in [2.24, 2.45) is 5.92 Å². The van der Waals surface area contributed by atoms with Crippen LogP contribution in [0.4, 0.5) is 0 Å². The molecule has 6 heteroatoms. The molecule has 0 aromatic rings. The van der Waals surface area contributed by atoms with Crippen LogP contribution in [0.3, 0.4) is 0 Å². The molecule has 2 atom stereocenters. The van der Waals surface area contributed by atoms with Crippen molar-refractivity contribution in [3.63, 3.8) is 0 Å². The van der Waals surface area contributed by atoms with Crippen molar-refractivity contribution in [3.8, 4) is 0 Å². The van der Waals surface area contributed by atoms with E-state index in [9.17, 15) is 9.59 Å². The van der Waals surface area contributed by atoms with Gasteiger partial charge in [0.2, 0.25) is 0 Å². The summed E-state index contributed by atoms with van der Waals surface area (Å²) in [5, 5.41) is -0.560. The highest BCUT2D eigenvalue weighted by molar-refractivity contribution is 6.83. The standard InChI is InChI=1S/C17H36O4Si2/c1-13(2)11-17(16(19)21-4,23(8,9)10)12-14(15(18)20-3)22(5,6)7/h13-14H,11-12H2,1-10H3/t14-,17-/m0/s1. The van der Waals surface area contributed by atoms with E-state index in [4.69, 9.17) is 9.47 Å². The number of carbonyl (C=O) groups excluding carboxylic acids is 2. The molecule has 0 rings (SSSR count). The predicted molar refractivity (Wildman–Crippen MR) is 101 cm³/mol. The third-order valence-corrected chi connectivity index (χ3v) is 10.9. The van der Waals surface area contributed by atoms with Gasteiger partial charge in [0.25, 0.3) is 0 Å². The Morgan fingerprint density at radius 1 is 0.913 bits per heavy atom. The number of ether oxygens (including phenoxy) is 2. The minimum Gasteiger partial charge on any atom is -0.469 e. The minimum atomic E-state index is -1.94. The van der Waals surface area contributed by atoms with E-state index in [1.807, 2.05) is 0 Å². The summed E-state index contributed by atoms with van der Waals surface area (Å²) in [6, 6.07) is 0. The number of carbonyl (C=O) groups is 2. The fourth-order valence-electron chi connectivity index (χ4n) is 3.29. The Morgan fingerprint density at radius 3 is 1.65 bits per heavy atom. The summed E-state index contributed by atoms with van der Waals surface area (Å²) < 4.78 is 10.3. The molecule has 136 valence electrons. The molecule has 0 aromatic heterocycles. The minimum absolute atomic E-state index is 0.155. The third kappa shape index (κ3) is 5.45. The first-order chi connectivity index (χ1) is 10.2. The van der Waals surface area contributed by atoms with E-state index in [0.29, 0.717) is 12.3 Å². The van der Waals surface area contributed by atoms with Crippen LogP contribution in [0.15, 0.2) is 0 Å². The van der Waals surface area contributed by atoms with Crippen LogP contribution >= 0.6 is 0 Å². The van der Waals surface area contributed by atoms with Gasteiger partial charge >= 0.3 is 11.9 Å². The fourth-order valence-corrected chi connectivity index (χ4v) is 7.84. The summed E-state index contributed by atoms with van der Waals surface area (Å²) in [6.45, 7) is 17.3. The zero-order valence-electron chi connectivity index (χ0n) is 16.7. The zero-order valence-corrected chi connectivity index (χ0v) is 18.7. The molecule has 0 radical (unpaired) electrons. The highest BCUT2D eigenvalue weighted by Gasteiger charge is 2.54. The van der Waals surface area contributed by atoms with Crippen molar-refractivity contribution in [3.05, 3.63) is 0 Å². The summed E-state index contributed by atoms with van der Waals surface area (Å²) in [7, 11) is -0.879. The Kier molecular flexibility index (Phi) is 7.75. The highest BCUT2D eigenvalue weighted by atomic mass is 28.3. The van der Waals surface area contributed by atoms with Crippen molar-refractivity contribution in [1.29, 1.82) is 0 Å². The summed E-state index contributed by atoms with van der Waals surface area (Å²) in [5.41, 5.74) is -0.197. The first-order valence-electron chi connectivity index (χ1n) is 8.39. The van der Waals surface area contributed by atoms with Crippen molar-refractivity contribution < 1.29 is 19.1 Å². The SMILES string of the molecule is COC(=O)[C@H](C[C@@](CC(C)C)(C(=O)OC)[Si](C)(C)C)[Si](C)(C)C. The first kappa shape index (κ1) is 22.4. The molecule has 0 amide bonds. The fraction of sp³-hybridized carbons (Fsp3) is 0.882. The summed E-state index contributed by atoms with van der Waals surface area (Å²) >= 11 is 0. The maximum atomic E-state index is 12.9. The summed E-state index contributed by atoms with van der Waals surface area (Å²) in [4.78, 5) is 25.3. The number of esters is 2. The zero-order chi connectivity index (χ0) is 18.6. The van der Waals surface area contributed by atoms with Crippen LogP contribution in [0.1, 0.15) is 26.7 Å². The number of methoxy groups -OCH3 is 2. The van der Waals surface area contributed by atoms with Gasteiger partial charge in [-0.3, -0.25) is 9.59 Å². The Bertz CT molecular complexity index is 421. The molecule has 0 fully saturated rings. The van der Waals surface area contributed by atoms with E-state index in [2.05, 4.69) is 53.1 Å². The average Bonchev–Trinajstić information content (AvgIpc) is 2.38. The van der Waals surface area contributed by atoms with Crippen molar-refractivity contribution >= 4 is 28.1 Å². The van der Waals surface area contributed by atoms with Crippen LogP contribution in [0, 0.1) is 5.92 Å². The molecule has 0 bridgehead atoms. The number of hydrogen-bond acceptors (Lipinski definition) is 4. The third-order valence-electron chi connectivity index (χ3n) is 4.85. The molecule has 23 heavy (non-hydrogen) atoms. The van der Waals surface area contributed by atoms with Crippen LogP contribution in [-0.4, -0.2) is 42.3 Å². The molecule has 0 spiro atoms. The lowest BCUT2D eigenvalue weighted by Crippen LogP contribution is -2.50. The smallest absolute Gasteiger partial charge is 0.308 e. The van der Waals surface area contributed by atoms with Crippen LogP contribution < -0.4 is 0 Å². The Labute approximate surface area is 144 Å². The van der Waals surface area contributed by atoms with Gasteiger partial charge in [-0.2, -0.15) is 0 Å². The van der Waals surface area contributed by atoms with Crippen LogP contribution in [0.5, 0.6) is 0 Å². The maximum absolute atomic E-state index is 12.9. The van der Waals surface area contributed by atoms with Gasteiger partial charge in [0.15, 0.2) is 0 Å². The van der Waals surface area contributed by atoms with E-state index in [1.54, 1.807) is 0 Å². The second-order valence-electron chi connectivity index (χ2n) is 9.07. The number of hydrogen-bond donors (Lipinski definition) is 0. The maximum Gasteiger partial charge on any atom is 0.308 e. The highest BCUT2D eigenvalue weighted by Crippen LogP contribution is 2.53. The molecule has 0 aliphatic rings. The molecular weight excluding hydrogens is 324 g/mol. The molecule has 0 heterocycles. The molecule has 0 N–H and O–H groups in total. The Morgan fingerprint density at radius 2 is 1.39 bits per heavy atom. The van der Waals surface area contributed by atoms with Crippen LogP contribution in [0.2, 0.25) is 49.9 Å². The van der Waals surface area contributed by atoms with E-state index in [-0.39, 0.29) is 17.5 Å². The van der Waals surface area contributed by atoms with Gasteiger partial charge in [-0.1, -0.05) is 53.1 Å². The molecule has 4 nitrogen and oxygen atoms in total. The topological polar surface area (TPSA) is 52.6 Å². The molecule has 0 aliphatic carbocycles. The van der Waals surface area contributed by atoms with Gasteiger partial charge < -0.3 is 9.47 Å². The van der Waals surface area contributed by atoms with E-state index in [1.165, 1.54) is 14.2 Å². The van der Waals surface area contributed by atoms with Gasteiger partial charge in [0, 0.05) is 0 Å². The van der Waals surface area contributed by atoms with Crippen molar-refractivity contribution in [2.75, 3.05) is 14.2 Å². The normalized spacial score (nSPS) is 16.7. The van der Waals surface area contributed by atoms with Gasteiger partial charge in [-0.25, -0.2) is 0 Å². The molecule has 0 unspecified atom stereocenters. The summed E-state index contributed by atoms with van der Waals surface area (Å²) in [6.07, 6.45) is 1.31. The van der Waals surface area contributed by atoms with Gasteiger partial charge in [-0.05, 0) is 18.8 Å². The molecule has 0 aliphatic heterocycles. The van der Waals surface area contributed by atoms with Crippen molar-refractivity contribution in [1.82, 2.24) is 0 Å². The number of rotatable bonds is 8. The van der Waals surface area contributed by atoms with Crippen molar-refractivity contribution in [2.45, 2.75) is 76.6 Å². The quantitative estimate of drug-likeness (QED) is 0.470. The molecule has 0 saturated carbocycles. The van der Waals surface area contributed by atoms with E-state index in [0.717, 1.165) is 6.42 Å². The van der Waals surface area contributed by atoms with E-state index >= 15 is 0 Å².